The average Bonchev–Trinajstić information content (AvgIpc) is 2.36. The highest BCUT2D eigenvalue weighted by Gasteiger charge is 2.07. The number of nitrogens with one attached hydrogen (secondary N) is 1. The number of aryl methyl sites for hydroxylation is 1. The van der Waals surface area contributed by atoms with E-state index in [0.29, 0.717) is 22.0 Å². The van der Waals surface area contributed by atoms with Gasteiger partial charge in [-0.1, -0.05) is 6.07 Å². The van der Waals surface area contributed by atoms with Gasteiger partial charge in [-0.2, -0.15) is 4.98 Å². The first-order valence-corrected chi connectivity index (χ1v) is 5.99. The first-order valence-electron chi connectivity index (χ1n) is 5.20. The molecule has 1 heterocycles. The quantitative estimate of drug-likeness (QED) is 0.943. The van der Waals surface area contributed by atoms with Gasteiger partial charge in [-0.3, -0.25) is 0 Å². The second-order valence-electron chi connectivity index (χ2n) is 3.64. The summed E-state index contributed by atoms with van der Waals surface area (Å²) >= 11 is 3.26. The van der Waals surface area contributed by atoms with Gasteiger partial charge in [-0.25, -0.2) is 9.37 Å². The number of benzene rings is 1. The van der Waals surface area contributed by atoms with Crippen molar-refractivity contribution in [1.82, 2.24) is 9.97 Å². The van der Waals surface area contributed by atoms with Crippen molar-refractivity contribution >= 4 is 27.6 Å². The lowest BCUT2D eigenvalue weighted by Crippen LogP contribution is -2.01. The van der Waals surface area contributed by atoms with Crippen molar-refractivity contribution in [3.63, 3.8) is 0 Å². The summed E-state index contributed by atoms with van der Waals surface area (Å²) in [5, 5.41) is 2.95. The summed E-state index contributed by atoms with van der Waals surface area (Å²) in [4.78, 5) is 8.22. The summed E-state index contributed by atoms with van der Waals surface area (Å²) in [5.74, 6) is 0.456. The molecule has 0 saturated carbocycles. The van der Waals surface area contributed by atoms with Crippen LogP contribution in [-0.4, -0.2) is 17.1 Å². The maximum Gasteiger partial charge on any atom is 0.232 e. The molecule has 0 bridgehead atoms. The van der Waals surface area contributed by atoms with Crippen molar-refractivity contribution in [2.75, 3.05) is 12.4 Å². The van der Waals surface area contributed by atoms with Crippen LogP contribution in [0.15, 0.2) is 28.9 Å². The lowest BCUT2D eigenvalue weighted by molar-refractivity contribution is 0.394. The Morgan fingerprint density at radius 1 is 1.39 bits per heavy atom. The van der Waals surface area contributed by atoms with Crippen LogP contribution in [0.4, 0.5) is 16.0 Å². The number of aromatic nitrogens is 2. The SMILES string of the molecule is COc1nc(Nc2cc(F)ccc2C)ncc1Br. The predicted molar refractivity (Wildman–Crippen MR) is 70.7 cm³/mol. The highest BCUT2D eigenvalue weighted by atomic mass is 79.9. The maximum absolute atomic E-state index is 13.1. The molecule has 6 heteroatoms. The van der Waals surface area contributed by atoms with Crippen LogP contribution >= 0.6 is 15.9 Å². The van der Waals surface area contributed by atoms with Gasteiger partial charge < -0.3 is 10.1 Å². The number of halogens is 2. The van der Waals surface area contributed by atoms with Gasteiger partial charge in [0.1, 0.15) is 5.82 Å². The van der Waals surface area contributed by atoms with Crippen LogP contribution < -0.4 is 10.1 Å². The van der Waals surface area contributed by atoms with Gasteiger partial charge in [0.2, 0.25) is 11.8 Å². The predicted octanol–water partition coefficient (Wildman–Crippen LogP) is 3.44. The third-order valence-corrected chi connectivity index (χ3v) is 2.90. The molecule has 1 aromatic heterocycles. The highest BCUT2D eigenvalue weighted by Crippen LogP contribution is 2.24. The summed E-state index contributed by atoms with van der Waals surface area (Å²) in [6.07, 6.45) is 1.57. The minimum Gasteiger partial charge on any atom is -0.480 e. The summed E-state index contributed by atoms with van der Waals surface area (Å²) in [6.45, 7) is 1.87. The zero-order chi connectivity index (χ0) is 13.1. The molecular formula is C12H11BrFN3O. The number of hydrogen-bond donors (Lipinski definition) is 1. The molecule has 0 aliphatic carbocycles. The molecule has 2 rings (SSSR count). The molecule has 94 valence electrons. The zero-order valence-electron chi connectivity index (χ0n) is 9.87. The number of rotatable bonds is 3. The number of methoxy groups -OCH3 is 1. The van der Waals surface area contributed by atoms with Crippen LogP contribution in [-0.2, 0) is 0 Å². The van der Waals surface area contributed by atoms with E-state index in [-0.39, 0.29) is 5.82 Å². The van der Waals surface area contributed by atoms with E-state index < -0.39 is 0 Å². The second kappa shape index (κ2) is 5.30. The van der Waals surface area contributed by atoms with E-state index >= 15 is 0 Å². The fraction of sp³-hybridized carbons (Fsp3) is 0.167. The topological polar surface area (TPSA) is 47.0 Å². The summed E-state index contributed by atoms with van der Waals surface area (Å²) in [5.41, 5.74) is 1.53. The second-order valence-corrected chi connectivity index (χ2v) is 4.49. The van der Waals surface area contributed by atoms with Gasteiger partial charge in [0.25, 0.3) is 0 Å². The number of anilines is 2. The normalized spacial score (nSPS) is 10.2. The van der Waals surface area contributed by atoms with Gasteiger partial charge in [-0.05, 0) is 40.5 Å². The van der Waals surface area contributed by atoms with E-state index in [4.69, 9.17) is 4.74 Å². The average molecular weight is 312 g/mol. The Labute approximate surface area is 112 Å². The molecular weight excluding hydrogens is 301 g/mol. The number of ether oxygens (including phenoxy) is 1. The Kier molecular flexibility index (Phi) is 3.76. The molecule has 1 N–H and O–H groups in total. The number of hydrogen-bond acceptors (Lipinski definition) is 4. The van der Waals surface area contributed by atoms with Crippen molar-refractivity contribution in [2.24, 2.45) is 0 Å². The molecule has 0 atom stereocenters. The Morgan fingerprint density at radius 2 is 2.17 bits per heavy atom. The van der Waals surface area contributed by atoms with Crippen LogP contribution in [0.2, 0.25) is 0 Å². The van der Waals surface area contributed by atoms with Crippen LogP contribution in [0.1, 0.15) is 5.56 Å². The summed E-state index contributed by atoms with van der Waals surface area (Å²) < 4.78 is 18.9. The monoisotopic (exact) mass is 311 g/mol. The summed E-state index contributed by atoms with van der Waals surface area (Å²) in [7, 11) is 1.52. The van der Waals surface area contributed by atoms with E-state index in [9.17, 15) is 4.39 Å². The lowest BCUT2D eigenvalue weighted by Gasteiger charge is -2.09. The van der Waals surface area contributed by atoms with Crippen LogP contribution in [0.3, 0.4) is 0 Å². The van der Waals surface area contributed by atoms with Gasteiger partial charge >= 0.3 is 0 Å². The smallest absolute Gasteiger partial charge is 0.232 e. The highest BCUT2D eigenvalue weighted by molar-refractivity contribution is 9.10. The third kappa shape index (κ3) is 2.76. The minimum absolute atomic E-state index is 0.313. The van der Waals surface area contributed by atoms with Crippen molar-refractivity contribution in [3.8, 4) is 5.88 Å². The number of nitrogens with zero attached hydrogens (tertiary/aromatic N) is 2. The Balaban J connectivity index is 2.31. The van der Waals surface area contributed by atoms with Crippen molar-refractivity contribution < 1.29 is 9.13 Å². The van der Waals surface area contributed by atoms with Crippen molar-refractivity contribution in [2.45, 2.75) is 6.92 Å². The summed E-state index contributed by atoms with van der Waals surface area (Å²) in [6, 6.07) is 4.49. The van der Waals surface area contributed by atoms with E-state index in [1.165, 1.54) is 19.2 Å². The molecule has 18 heavy (non-hydrogen) atoms. The van der Waals surface area contributed by atoms with Crippen LogP contribution in [0.25, 0.3) is 0 Å². The maximum atomic E-state index is 13.1. The molecule has 0 radical (unpaired) electrons. The van der Waals surface area contributed by atoms with E-state index in [1.54, 1.807) is 12.3 Å². The van der Waals surface area contributed by atoms with Gasteiger partial charge in [0, 0.05) is 5.69 Å². The molecule has 0 saturated heterocycles. The van der Waals surface area contributed by atoms with Gasteiger partial charge in [0.05, 0.1) is 17.8 Å². The van der Waals surface area contributed by atoms with Crippen LogP contribution in [0.5, 0.6) is 5.88 Å². The fourth-order valence-electron chi connectivity index (χ4n) is 1.40. The van der Waals surface area contributed by atoms with Gasteiger partial charge in [0.15, 0.2) is 0 Å². The van der Waals surface area contributed by atoms with Gasteiger partial charge in [-0.15, -0.1) is 0 Å². The molecule has 0 amide bonds. The molecule has 0 fully saturated rings. The largest absolute Gasteiger partial charge is 0.480 e. The fourth-order valence-corrected chi connectivity index (χ4v) is 1.76. The molecule has 2 aromatic rings. The van der Waals surface area contributed by atoms with Crippen LogP contribution in [0, 0.1) is 12.7 Å². The molecule has 4 nitrogen and oxygen atoms in total. The third-order valence-electron chi connectivity index (χ3n) is 2.35. The Bertz CT molecular complexity index is 577. The molecule has 0 spiro atoms. The lowest BCUT2D eigenvalue weighted by atomic mass is 10.2. The molecule has 0 aliphatic rings. The van der Waals surface area contributed by atoms with E-state index in [0.717, 1.165) is 5.56 Å². The zero-order valence-corrected chi connectivity index (χ0v) is 11.5. The first kappa shape index (κ1) is 12.8. The molecule has 0 unspecified atom stereocenters. The van der Waals surface area contributed by atoms with E-state index in [1.807, 2.05) is 6.92 Å². The molecule has 1 aromatic carbocycles. The Hall–Kier alpha value is -1.69. The van der Waals surface area contributed by atoms with Crippen molar-refractivity contribution in [1.29, 1.82) is 0 Å². The Morgan fingerprint density at radius 3 is 2.89 bits per heavy atom. The first-order chi connectivity index (χ1) is 8.60. The molecule has 0 aliphatic heterocycles. The standard InChI is InChI=1S/C12H11BrFN3O/c1-7-3-4-8(14)5-10(7)16-12-15-6-9(13)11(17-12)18-2/h3-6H,1-2H3,(H,15,16,17). The van der Waals surface area contributed by atoms with Crippen molar-refractivity contribution in [3.05, 3.63) is 40.2 Å². The van der Waals surface area contributed by atoms with E-state index in [2.05, 4.69) is 31.2 Å². The minimum atomic E-state index is -0.313.